The van der Waals surface area contributed by atoms with Gasteiger partial charge in [0.2, 0.25) is 0 Å². The minimum Gasteiger partial charge on any atom is -0.328 e. The first-order valence-corrected chi connectivity index (χ1v) is 5.09. The Morgan fingerprint density at radius 3 is 2.53 bits per heavy atom. The molecule has 6 heteroatoms. The second-order valence-corrected chi connectivity index (χ2v) is 3.89. The summed E-state index contributed by atoms with van der Waals surface area (Å²) < 4.78 is 37.1. The Morgan fingerprint density at radius 2 is 2.12 bits per heavy atom. The van der Waals surface area contributed by atoms with Crippen LogP contribution in [0.5, 0.6) is 0 Å². The molecule has 1 aromatic rings. The summed E-state index contributed by atoms with van der Waals surface area (Å²) in [4.78, 5) is 15.8. The lowest BCUT2D eigenvalue weighted by atomic mass is 10.2. The monoisotopic (exact) mass is 246 g/mol. The van der Waals surface area contributed by atoms with Crippen molar-refractivity contribution in [3.63, 3.8) is 0 Å². The first-order chi connectivity index (χ1) is 7.82. The van der Waals surface area contributed by atoms with Crippen LogP contribution in [0.15, 0.2) is 24.5 Å². The van der Waals surface area contributed by atoms with Crippen LogP contribution in [0.3, 0.4) is 0 Å². The van der Waals surface area contributed by atoms with Gasteiger partial charge in [-0.15, -0.1) is 0 Å². The molecule has 0 bridgehead atoms. The predicted molar refractivity (Wildman–Crippen MR) is 56.0 cm³/mol. The van der Waals surface area contributed by atoms with E-state index in [1.807, 2.05) is 0 Å². The Labute approximate surface area is 97.3 Å². The highest BCUT2D eigenvalue weighted by atomic mass is 19.4. The third-order valence-electron chi connectivity index (χ3n) is 2.20. The van der Waals surface area contributed by atoms with Gasteiger partial charge in [0.1, 0.15) is 0 Å². The summed E-state index contributed by atoms with van der Waals surface area (Å²) in [6.07, 6.45) is -1.87. The lowest BCUT2D eigenvalue weighted by molar-refractivity contribution is -0.188. The number of pyridine rings is 1. The number of alkyl halides is 3. The maximum atomic E-state index is 12.4. The lowest BCUT2D eigenvalue weighted by Crippen LogP contribution is -2.44. The zero-order chi connectivity index (χ0) is 13.1. The molecule has 1 amide bonds. The van der Waals surface area contributed by atoms with Crippen molar-refractivity contribution in [2.45, 2.75) is 32.6 Å². The van der Waals surface area contributed by atoms with Gasteiger partial charge in [-0.1, -0.05) is 6.07 Å². The van der Waals surface area contributed by atoms with Crippen LogP contribution >= 0.6 is 0 Å². The van der Waals surface area contributed by atoms with Crippen LogP contribution in [0.25, 0.3) is 0 Å². The highest BCUT2D eigenvalue weighted by Crippen LogP contribution is 2.21. The van der Waals surface area contributed by atoms with Crippen LogP contribution in [0.4, 0.5) is 13.2 Å². The normalized spacial score (nSPS) is 11.6. The molecule has 0 fully saturated rings. The molecule has 0 aliphatic rings. The number of hydrogen-bond acceptors (Lipinski definition) is 2. The number of aromatic nitrogens is 1. The van der Waals surface area contributed by atoms with Crippen LogP contribution in [-0.4, -0.2) is 28.0 Å². The molecular formula is C11H13F3N2O. The van der Waals surface area contributed by atoms with E-state index in [2.05, 4.69) is 4.98 Å². The second-order valence-electron chi connectivity index (χ2n) is 3.89. The number of amides is 1. The number of hydrogen-bond donors (Lipinski definition) is 0. The maximum Gasteiger partial charge on any atom is 0.471 e. The molecule has 0 N–H and O–H groups in total. The van der Waals surface area contributed by atoms with E-state index in [4.69, 9.17) is 0 Å². The first-order valence-electron chi connectivity index (χ1n) is 5.09. The Bertz CT molecular complexity index is 376. The third-order valence-corrected chi connectivity index (χ3v) is 2.20. The molecular weight excluding hydrogens is 233 g/mol. The fraction of sp³-hybridized carbons (Fsp3) is 0.455. The van der Waals surface area contributed by atoms with Crippen molar-refractivity contribution in [3.8, 4) is 0 Å². The van der Waals surface area contributed by atoms with Gasteiger partial charge < -0.3 is 4.90 Å². The average molecular weight is 246 g/mol. The van der Waals surface area contributed by atoms with Crippen LogP contribution < -0.4 is 0 Å². The van der Waals surface area contributed by atoms with E-state index in [0.29, 0.717) is 5.56 Å². The predicted octanol–water partition coefficient (Wildman–Crippen LogP) is 2.38. The molecule has 0 spiro atoms. The molecule has 94 valence electrons. The first kappa shape index (κ1) is 13.5. The Morgan fingerprint density at radius 1 is 1.47 bits per heavy atom. The number of carbonyl (C=O) groups is 1. The highest BCUT2D eigenvalue weighted by Gasteiger charge is 2.43. The van der Waals surface area contributed by atoms with Gasteiger partial charge in [0.05, 0.1) is 0 Å². The van der Waals surface area contributed by atoms with E-state index >= 15 is 0 Å². The van der Waals surface area contributed by atoms with Crippen molar-refractivity contribution < 1.29 is 18.0 Å². The summed E-state index contributed by atoms with van der Waals surface area (Å²) in [5.74, 6) is -1.82. The summed E-state index contributed by atoms with van der Waals surface area (Å²) in [6.45, 7) is 2.99. The van der Waals surface area contributed by atoms with E-state index in [1.165, 1.54) is 12.4 Å². The SMILES string of the molecule is CC(C)N(Cc1cccnc1)C(=O)C(F)(F)F. The molecule has 0 saturated heterocycles. The fourth-order valence-corrected chi connectivity index (χ4v) is 1.34. The van der Waals surface area contributed by atoms with Crippen molar-refractivity contribution in [2.75, 3.05) is 0 Å². The number of halogens is 3. The molecule has 0 atom stereocenters. The van der Waals surface area contributed by atoms with E-state index in [-0.39, 0.29) is 6.54 Å². The Kier molecular flexibility index (Phi) is 4.09. The summed E-state index contributed by atoms with van der Waals surface area (Å²) in [7, 11) is 0. The van der Waals surface area contributed by atoms with Crippen LogP contribution in [0, 0.1) is 0 Å². The quantitative estimate of drug-likeness (QED) is 0.820. The van der Waals surface area contributed by atoms with Gasteiger partial charge in [0, 0.05) is 25.0 Å². The van der Waals surface area contributed by atoms with Crippen molar-refractivity contribution in [2.24, 2.45) is 0 Å². The summed E-state index contributed by atoms with van der Waals surface area (Å²) in [5.41, 5.74) is 0.568. The highest BCUT2D eigenvalue weighted by molar-refractivity contribution is 5.82. The van der Waals surface area contributed by atoms with Gasteiger partial charge in [0.15, 0.2) is 0 Å². The van der Waals surface area contributed by atoms with Gasteiger partial charge in [-0.25, -0.2) is 0 Å². The molecule has 1 aromatic heterocycles. The zero-order valence-corrected chi connectivity index (χ0v) is 9.53. The molecule has 1 heterocycles. The van der Waals surface area contributed by atoms with Gasteiger partial charge in [-0.05, 0) is 25.5 Å². The minimum atomic E-state index is -4.84. The second kappa shape index (κ2) is 5.16. The largest absolute Gasteiger partial charge is 0.471 e. The van der Waals surface area contributed by atoms with Crippen LogP contribution in [0.2, 0.25) is 0 Å². The van der Waals surface area contributed by atoms with Gasteiger partial charge in [-0.2, -0.15) is 13.2 Å². The zero-order valence-electron chi connectivity index (χ0n) is 9.53. The van der Waals surface area contributed by atoms with E-state index in [1.54, 1.807) is 26.0 Å². The molecule has 3 nitrogen and oxygen atoms in total. The molecule has 17 heavy (non-hydrogen) atoms. The molecule has 1 rings (SSSR count). The Balaban J connectivity index is 2.85. The van der Waals surface area contributed by atoms with Crippen LogP contribution in [-0.2, 0) is 11.3 Å². The van der Waals surface area contributed by atoms with E-state index in [0.717, 1.165) is 4.90 Å². The minimum absolute atomic E-state index is 0.0934. The van der Waals surface area contributed by atoms with Gasteiger partial charge >= 0.3 is 12.1 Å². The van der Waals surface area contributed by atoms with Crippen molar-refractivity contribution in [1.82, 2.24) is 9.88 Å². The van der Waals surface area contributed by atoms with E-state index in [9.17, 15) is 18.0 Å². The van der Waals surface area contributed by atoms with Gasteiger partial charge in [-0.3, -0.25) is 9.78 Å². The summed E-state index contributed by atoms with van der Waals surface area (Å²) >= 11 is 0. The molecule has 0 radical (unpaired) electrons. The molecule has 0 saturated carbocycles. The summed E-state index contributed by atoms with van der Waals surface area (Å²) in [6, 6.07) is 2.72. The lowest BCUT2D eigenvalue weighted by Gasteiger charge is -2.27. The van der Waals surface area contributed by atoms with E-state index < -0.39 is 18.1 Å². The number of nitrogens with zero attached hydrogens (tertiary/aromatic N) is 2. The van der Waals surface area contributed by atoms with Crippen molar-refractivity contribution in [3.05, 3.63) is 30.1 Å². The number of rotatable bonds is 3. The average Bonchev–Trinajstić information content (AvgIpc) is 2.24. The van der Waals surface area contributed by atoms with Crippen molar-refractivity contribution >= 4 is 5.91 Å². The standard InChI is InChI=1S/C11H13F3N2O/c1-8(2)16(10(17)11(12,13)14)7-9-4-3-5-15-6-9/h3-6,8H,7H2,1-2H3. The third kappa shape index (κ3) is 3.72. The van der Waals surface area contributed by atoms with Crippen molar-refractivity contribution in [1.29, 1.82) is 0 Å². The van der Waals surface area contributed by atoms with Gasteiger partial charge in [0.25, 0.3) is 0 Å². The topological polar surface area (TPSA) is 33.2 Å². The maximum absolute atomic E-state index is 12.4. The fourth-order valence-electron chi connectivity index (χ4n) is 1.34. The molecule has 0 aliphatic carbocycles. The molecule has 0 aromatic carbocycles. The smallest absolute Gasteiger partial charge is 0.328 e. The summed E-state index contributed by atoms with van der Waals surface area (Å²) in [5, 5.41) is 0. The molecule has 0 aliphatic heterocycles. The van der Waals surface area contributed by atoms with Crippen LogP contribution in [0.1, 0.15) is 19.4 Å². The Hall–Kier alpha value is -1.59. The number of carbonyl (C=O) groups excluding carboxylic acids is 1. The molecule has 0 unspecified atom stereocenters.